The lowest BCUT2D eigenvalue weighted by Gasteiger charge is -2.37. The average molecular weight is 430 g/mol. The molecule has 3 rings (SSSR count). The Balaban J connectivity index is 1.71. The van der Waals surface area contributed by atoms with Crippen molar-refractivity contribution in [2.24, 2.45) is 17.6 Å². The molecule has 0 aromatic heterocycles. The fourth-order valence-electron chi connectivity index (χ4n) is 4.82. The Morgan fingerprint density at radius 1 is 1.26 bits per heavy atom. The second-order valence-electron chi connectivity index (χ2n) is 9.01. The number of carboxylic acids is 1. The van der Waals surface area contributed by atoms with Crippen molar-refractivity contribution in [1.29, 1.82) is 0 Å². The van der Waals surface area contributed by atoms with Crippen molar-refractivity contribution >= 4 is 23.3 Å². The Labute approximate surface area is 184 Å². The van der Waals surface area contributed by atoms with Crippen LogP contribution in [0.15, 0.2) is 23.8 Å². The summed E-state index contributed by atoms with van der Waals surface area (Å²) in [6.45, 7) is 6.45. The number of anilines is 1. The molecular formula is C24H35N3O4. The van der Waals surface area contributed by atoms with Crippen LogP contribution in [-0.4, -0.2) is 42.7 Å². The van der Waals surface area contributed by atoms with Crippen LogP contribution in [0.3, 0.4) is 0 Å². The summed E-state index contributed by atoms with van der Waals surface area (Å²) in [5, 5.41) is 12.8. The summed E-state index contributed by atoms with van der Waals surface area (Å²) in [7, 11) is 1.90. The number of nitrogens with zero attached hydrogens (tertiary/aromatic N) is 1. The number of fused-ring (bicyclic) bond motifs is 1. The Morgan fingerprint density at radius 2 is 1.94 bits per heavy atom. The molecule has 31 heavy (non-hydrogen) atoms. The maximum atomic E-state index is 12.2. The van der Waals surface area contributed by atoms with Gasteiger partial charge in [-0.3, -0.25) is 4.79 Å². The number of rotatable bonds is 7. The highest BCUT2D eigenvalue weighted by Gasteiger charge is 2.35. The van der Waals surface area contributed by atoms with Gasteiger partial charge in [0.15, 0.2) is 0 Å². The van der Waals surface area contributed by atoms with Crippen molar-refractivity contribution in [3.8, 4) is 5.75 Å². The number of benzene rings is 1. The first kappa shape index (κ1) is 23.0. The molecular weight excluding hydrogens is 394 g/mol. The number of hydrogen-bond donors (Lipinski definition) is 3. The average Bonchev–Trinajstić information content (AvgIpc) is 2.73. The third-order valence-electron chi connectivity index (χ3n) is 6.48. The van der Waals surface area contributed by atoms with Gasteiger partial charge in [0.25, 0.3) is 0 Å². The Hall–Kier alpha value is -2.70. The van der Waals surface area contributed by atoms with Gasteiger partial charge in [0.2, 0.25) is 5.91 Å². The van der Waals surface area contributed by atoms with Crippen LogP contribution in [0.5, 0.6) is 5.75 Å². The molecule has 7 heteroatoms. The van der Waals surface area contributed by atoms with Crippen molar-refractivity contribution in [1.82, 2.24) is 5.32 Å². The summed E-state index contributed by atoms with van der Waals surface area (Å²) in [6, 6.07) is 5.62. The van der Waals surface area contributed by atoms with Gasteiger partial charge in [0, 0.05) is 19.0 Å². The van der Waals surface area contributed by atoms with E-state index in [0.29, 0.717) is 30.3 Å². The number of nitrogens with one attached hydrogen (secondary N) is 1. The molecule has 0 saturated heterocycles. The van der Waals surface area contributed by atoms with E-state index >= 15 is 0 Å². The number of nitrogens with two attached hydrogens (primary N) is 1. The highest BCUT2D eigenvalue weighted by atomic mass is 16.5. The fourth-order valence-corrected chi connectivity index (χ4v) is 4.82. The Bertz CT molecular complexity index is 856. The summed E-state index contributed by atoms with van der Waals surface area (Å²) in [6.07, 6.45) is 4.26. The van der Waals surface area contributed by atoms with Gasteiger partial charge in [-0.2, -0.15) is 0 Å². The zero-order valence-corrected chi connectivity index (χ0v) is 19.0. The largest absolute Gasteiger partial charge is 0.493 e. The topological polar surface area (TPSA) is 105 Å². The quantitative estimate of drug-likeness (QED) is 0.614. The molecule has 1 unspecified atom stereocenters. The van der Waals surface area contributed by atoms with Crippen LogP contribution in [0.1, 0.15) is 58.4 Å². The third-order valence-corrected chi connectivity index (χ3v) is 6.48. The zero-order valence-electron chi connectivity index (χ0n) is 19.0. The number of likely N-dealkylation sites (N-methyl/N-ethyl adjacent to an activating group) is 1. The van der Waals surface area contributed by atoms with Gasteiger partial charge < -0.3 is 25.8 Å². The number of carbonyl (C=O) groups is 2. The number of carbonyl (C=O) groups excluding carboxylic acids is 1. The number of ether oxygens (including phenoxy) is 1. The fraction of sp³-hybridized carbons (Fsp3) is 0.583. The molecule has 1 fully saturated rings. The molecule has 2 aliphatic rings. The van der Waals surface area contributed by atoms with Crippen molar-refractivity contribution < 1.29 is 19.4 Å². The van der Waals surface area contributed by atoms with E-state index in [1.54, 1.807) is 0 Å². The highest BCUT2D eigenvalue weighted by molar-refractivity contribution is 6.02. The zero-order chi connectivity index (χ0) is 22.7. The smallest absolute Gasteiger partial charge is 0.335 e. The van der Waals surface area contributed by atoms with Gasteiger partial charge in [-0.25, -0.2) is 4.79 Å². The van der Waals surface area contributed by atoms with Crippen LogP contribution in [0.2, 0.25) is 0 Å². The second kappa shape index (κ2) is 9.62. The van der Waals surface area contributed by atoms with Crippen molar-refractivity contribution in [3.05, 3.63) is 29.3 Å². The molecule has 1 heterocycles. The monoisotopic (exact) mass is 429 g/mol. The van der Waals surface area contributed by atoms with Gasteiger partial charge >= 0.3 is 5.97 Å². The van der Waals surface area contributed by atoms with E-state index in [9.17, 15) is 14.7 Å². The van der Waals surface area contributed by atoms with E-state index in [1.165, 1.54) is 0 Å². The summed E-state index contributed by atoms with van der Waals surface area (Å²) < 4.78 is 6.19. The maximum absolute atomic E-state index is 12.2. The van der Waals surface area contributed by atoms with Crippen LogP contribution in [-0.2, 0) is 9.59 Å². The van der Waals surface area contributed by atoms with Gasteiger partial charge in [0.1, 0.15) is 5.75 Å². The lowest BCUT2D eigenvalue weighted by Crippen LogP contribution is -2.40. The first-order chi connectivity index (χ1) is 14.7. The van der Waals surface area contributed by atoms with Crippen LogP contribution in [0, 0.1) is 11.8 Å². The molecule has 1 atom stereocenters. The summed E-state index contributed by atoms with van der Waals surface area (Å²) in [4.78, 5) is 26.1. The second-order valence-corrected chi connectivity index (χ2v) is 9.01. The van der Waals surface area contributed by atoms with Crippen molar-refractivity contribution in [2.45, 2.75) is 65.0 Å². The predicted molar refractivity (Wildman–Crippen MR) is 122 cm³/mol. The van der Waals surface area contributed by atoms with Crippen LogP contribution in [0.25, 0.3) is 5.70 Å². The molecule has 0 bridgehead atoms. The van der Waals surface area contributed by atoms with E-state index < -0.39 is 5.97 Å². The number of carboxylic acid groups (broad SMARTS) is 1. The summed E-state index contributed by atoms with van der Waals surface area (Å²) in [5.74, 6) is 0.232. The first-order valence-electron chi connectivity index (χ1n) is 11.3. The highest BCUT2D eigenvalue weighted by Crippen LogP contribution is 2.41. The first-order valence-corrected chi connectivity index (χ1v) is 11.3. The Morgan fingerprint density at radius 3 is 2.52 bits per heavy atom. The number of aliphatic carboxylic acids is 1. The molecule has 1 aliphatic carbocycles. The minimum absolute atomic E-state index is 0.0828. The molecule has 1 amide bonds. The number of amides is 1. The lowest BCUT2D eigenvalue weighted by atomic mass is 9.82. The minimum atomic E-state index is -0.991. The van der Waals surface area contributed by atoms with Crippen LogP contribution in [0.4, 0.5) is 5.69 Å². The molecule has 1 saturated carbocycles. The van der Waals surface area contributed by atoms with Crippen molar-refractivity contribution in [3.63, 3.8) is 0 Å². The molecule has 1 aromatic carbocycles. The molecule has 1 aliphatic heterocycles. The van der Waals surface area contributed by atoms with Gasteiger partial charge in [0.05, 0.1) is 35.2 Å². The summed E-state index contributed by atoms with van der Waals surface area (Å²) >= 11 is 0. The van der Waals surface area contributed by atoms with E-state index in [1.807, 2.05) is 50.9 Å². The molecule has 170 valence electrons. The van der Waals surface area contributed by atoms with Crippen LogP contribution < -0.4 is 20.7 Å². The van der Waals surface area contributed by atoms with Gasteiger partial charge in [-0.15, -0.1) is 0 Å². The SMILES string of the molecule is CCC1C(C(=O)O)=C(N)c2c(OCC3CCC(C(=O)NC(C)C)CC3)cccc2N1C. The van der Waals surface area contributed by atoms with E-state index in [2.05, 4.69) is 5.32 Å². The Kier molecular flexibility index (Phi) is 7.13. The molecule has 0 spiro atoms. The molecule has 7 nitrogen and oxygen atoms in total. The van der Waals surface area contributed by atoms with Crippen molar-refractivity contribution in [2.75, 3.05) is 18.6 Å². The van der Waals surface area contributed by atoms with E-state index in [0.717, 1.165) is 31.4 Å². The third kappa shape index (κ3) is 4.81. The summed E-state index contributed by atoms with van der Waals surface area (Å²) in [5.41, 5.74) is 8.44. The lowest BCUT2D eigenvalue weighted by molar-refractivity contribution is -0.133. The van der Waals surface area contributed by atoms with E-state index in [4.69, 9.17) is 10.5 Å². The van der Waals surface area contributed by atoms with Gasteiger partial charge in [-0.05, 0) is 64.0 Å². The predicted octanol–water partition coefficient (Wildman–Crippen LogP) is 3.38. The number of hydrogen-bond acceptors (Lipinski definition) is 5. The minimum Gasteiger partial charge on any atom is -0.493 e. The van der Waals surface area contributed by atoms with E-state index in [-0.39, 0.29) is 35.2 Å². The molecule has 4 N–H and O–H groups in total. The van der Waals surface area contributed by atoms with Gasteiger partial charge in [-0.1, -0.05) is 13.0 Å². The standard InChI is InChI=1S/C24H35N3O4/c1-5-17-21(24(29)30)22(25)20-18(27(17)4)7-6-8-19(20)31-13-15-9-11-16(12-10-15)23(28)26-14(2)3/h6-8,14-17H,5,9-13,25H2,1-4H3,(H,26,28)(H,29,30). The van der Waals surface area contributed by atoms with Crippen LogP contribution >= 0.6 is 0 Å². The normalized spacial score (nSPS) is 23.5. The molecule has 1 aromatic rings. The maximum Gasteiger partial charge on any atom is 0.335 e. The molecule has 0 radical (unpaired) electrons.